The number of hydrogen-bond donors (Lipinski definition) is 1. The van der Waals surface area contributed by atoms with Gasteiger partial charge in [-0.15, -0.1) is 0 Å². The highest BCUT2D eigenvalue weighted by atomic mass is 16.4. The predicted molar refractivity (Wildman–Crippen MR) is 65.9 cm³/mol. The zero-order valence-corrected chi connectivity index (χ0v) is 10.7. The Bertz CT molecular complexity index is 403. The lowest BCUT2D eigenvalue weighted by Gasteiger charge is -2.23. The molecule has 1 N–H and O–H groups in total. The molecule has 0 amide bonds. The Labute approximate surface area is 97.3 Å². The molecule has 88 valence electrons. The lowest BCUT2D eigenvalue weighted by atomic mass is 9.80. The van der Waals surface area contributed by atoms with Crippen LogP contribution in [0.2, 0.25) is 0 Å². The van der Waals surface area contributed by atoms with E-state index in [9.17, 15) is 9.90 Å². The van der Waals surface area contributed by atoms with Crippen LogP contribution in [-0.2, 0) is 10.2 Å². The van der Waals surface area contributed by atoms with Gasteiger partial charge in [-0.1, -0.05) is 32.0 Å². The van der Waals surface area contributed by atoms with Crippen LogP contribution in [0.25, 0.3) is 0 Å². The average Bonchev–Trinajstić information content (AvgIpc) is 2.17. The Morgan fingerprint density at radius 1 is 1.31 bits per heavy atom. The van der Waals surface area contributed by atoms with Crippen LogP contribution in [-0.4, -0.2) is 11.1 Å². The summed E-state index contributed by atoms with van der Waals surface area (Å²) in [4.78, 5) is 11.3. The van der Waals surface area contributed by atoms with Gasteiger partial charge in [-0.3, -0.25) is 4.79 Å². The van der Waals surface area contributed by atoms with Crippen LogP contribution in [0.4, 0.5) is 0 Å². The summed E-state index contributed by atoms with van der Waals surface area (Å²) in [7, 11) is 0. The third kappa shape index (κ3) is 2.26. The predicted octanol–water partition coefficient (Wildman–Crippen LogP) is 3.48. The molecule has 2 nitrogen and oxygen atoms in total. The number of carboxylic acids is 1. The monoisotopic (exact) mass is 220 g/mol. The highest BCUT2D eigenvalue weighted by Crippen LogP contribution is 2.29. The first kappa shape index (κ1) is 12.8. The molecule has 0 saturated carbocycles. The van der Waals surface area contributed by atoms with Gasteiger partial charge < -0.3 is 5.11 Å². The molecule has 1 rings (SSSR count). The first-order chi connectivity index (χ1) is 7.26. The van der Waals surface area contributed by atoms with Crippen molar-refractivity contribution in [3.8, 4) is 0 Å². The van der Waals surface area contributed by atoms with Gasteiger partial charge >= 0.3 is 5.97 Å². The molecule has 0 aromatic heterocycles. The van der Waals surface area contributed by atoms with Crippen molar-refractivity contribution in [3.63, 3.8) is 0 Å². The van der Waals surface area contributed by atoms with Gasteiger partial charge in [-0.2, -0.15) is 0 Å². The van der Waals surface area contributed by atoms with Crippen LogP contribution in [0.3, 0.4) is 0 Å². The molecule has 0 unspecified atom stereocenters. The molecule has 0 atom stereocenters. The van der Waals surface area contributed by atoms with E-state index >= 15 is 0 Å². The van der Waals surface area contributed by atoms with Gasteiger partial charge in [0, 0.05) is 0 Å². The fraction of sp³-hybridized carbons (Fsp3) is 0.500. The van der Waals surface area contributed by atoms with Crippen LogP contribution in [0.1, 0.15) is 50.3 Å². The van der Waals surface area contributed by atoms with Crippen molar-refractivity contribution >= 4 is 5.97 Å². The summed E-state index contributed by atoms with van der Waals surface area (Å²) >= 11 is 0. The Morgan fingerprint density at radius 3 is 2.31 bits per heavy atom. The lowest BCUT2D eigenvalue weighted by molar-refractivity contribution is -0.142. The minimum absolute atomic E-state index is 0.420. The fourth-order valence-corrected chi connectivity index (χ4v) is 1.79. The quantitative estimate of drug-likeness (QED) is 0.846. The van der Waals surface area contributed by atoms with E-state index < -0.39 is 11.4 Å². The molecule has 0 radical (unpaired) electrons. The summed E-state index contributed by atoms with van der Waals surface area (Å²) in [6, 6.07) is 6.10. The van der Waals surface area contributed by atoms with Crippen molar-refractivity contribution in [2.45, 2.75) is 46.0 Å². The van der Waals surface area contributed by atoms with Crippen molar-refractivity contribution in [3.05, 3.63) is 34.9 Å². The summed E-state index contributed by atoms with van der Waals surface area (Å²) in [5, 5.41) is 9.25. The van der Waals surface area contributed by atoms with Crippen LogP contribution < -0.4 is 0 Å². The molecule has 16 heavy (non-hydrogen) atoms. The van der Waals surface area contributed by atoms with Crippen molar-refractivity contribution in [1.82, 2.24) is 0 Å². The SMILES string of the molecule is Cc1ccc(C(C)C)cc1C(C)(C)C(=O)O. The topological polar surface area (TPSA) is 37.3 Å². The van der Waals surface area contributed by atoms with Gasteiger partial charge in [0.05, 0.1) is 5.41 Å². The smallest absolute Gasteiger partial charge is 0.313 e. The van der Waals surface area contributed by atoms with Crippen molar-refractivity contribution in [1.29, 1.82) is 0 Å². The zero-order chi connectivity index (χ0) is 12.5. The summed E-state index contributed by atoms with van der Waals surface area (Å²) in [6.07, 6.45) is 0. The fourth-order valence-electron chi connectivity index (χ4n) is 1.79. The third-order valence-corrected chi connectivity index (χ3v) is 3.14. The largest absolute Gasteiger partial charge is 0.481 e. The maximum Gasteiger partial charge on any atom is 0.313 e. The van der Waals surface area contributed by atoms with Crippen LogP contribution in [0.5, 0.6) is 0 Å². The third-order valence-electron chi connectivity index (χ3n) is 3.14. The van der Waals surface area contributed by atoms with Gasteiger partial charge in [-0.25, -0.2) is 0 Å². The molecule has 1 aromatic rings. The van der Waals surface area contributed by atoms with E-state index in [1.807, 2.05) is 19.1 Å². The van der Waals surface area contributed by atoms with Gasteiger partial charge in [0.15, 0.2) is 0 Å². The van der Waals surface area contributed by atoms with E-state index in [-0.39, 0.29) is 0 Å². The molecule has 0 saturated heterocycles. The molecule has 0 bridgehead atoms. The maximum atomic E-state index is 11.3. The van der Waals surface area contributed by atoms with Crippen LogP contribution in [0, 0.1) is 6.92 Å². The Morgan fingerprint density at radius 2 is 1.88 bits per heavy atom. The van der Waals surface area contributed by atoms with Gasteiger partial charge in [0.2, 0.25) is 0 Å². The normalized spacial score (nSPS) is 11.9. The van der Waals surface area contributed by atoms with Gasteiger partial charge in [0.25, 0.3) is 0 Å². The molecule has 0 aliphatic heterocycles. The van der Waals surface area contributed by atoms with Crippen molar-refractivity contribution < 1.29 is 9.90 Å². The number of aryl methyl sites for hydroxylation is 1. The van der Waals surface area contributed by atoms with Crippen LogP contribution >= 0.6 is 0 Å². The number of carboxylic acid groups (broad SMARTS) is 1. The molecule has 2 heteroatoms. The molecule has 0 aliphatic rings. The molecule has 0 aliphatic carbocycles. The summed E-state index contributed by atoms with van der Waals surface area (Å²) in [5.74, 6) is -0.361. The number of aliphatic carboxylic acids is 1. The standard InChI is InChI=1S/C14H20O2/c1-9(2)11-7-6-10(3)12(8-11)14(4,5)13(15)16/h6-9H,1-5H3,(H,15,16). The number of benzene rings is 1. The van der Waals surface area contributed by atoms with Gasteiger partial charge in [-0.05, 0) is 43.4 Å². The van der Waals surface area contributed by atoms with E-state index in [0.29, 0.717) is 5.92 Å². The lowest BCUT2D eigenvalue weighted by Crippen LogP contribution is -2.29. The molecule has 0 fully saturated rings. The van der Waals surface area contributed by atoms with Gasteiger partial charge in [0.1, 0.15) is 0 Å². The molecule has 0 spiro atoms. The molecular formula is C14H20O2. The van der Waals surface area contributed by atoms with E-state index in [4.69, 9.17) is 0 Å². The zero-order valence-electron chi connectivity index (χ0n) is 10.7. The minimum Gasteiger partial charge on any atom is -0.481 e. The van der Waals surface area contributed by atoms with Crippen LogP contribution in [0.15, 0.2) is 18.2 Å². The summed E-state index contributed by atoms with van der Waals surface area (Å²) < 4.78 is 0. The van der Waals surface area contributed by atoms with E-state index in [1.165, 1.54) is 5.56 Å². The maximum absolute atomic E-state index is 11.3. The molecule has 0 heterocycles. The highest BCUT2D eigenvalue weighted by Gasteiger charge is 2.31. The second kappa shape index (κ2) is 4.28. The number of hydrogen-bond acceptors (Lipinski definition) is 1. The Hall–Kier alpha value is -1.31. The first-order valence-corrected chi connectivity index (χ1v) is 5.61. The molecule has 1 aromatic carbocycles. The summed E-state index contributed by atoms with van der Waals surface area (Å²) in [6.45, 7) is 9.69. The van der Waals surface area contributed by atoms with E-state index in [1.54, 1.807) is 13.8 Å². The van der Waals surface area contributed by atoms with E-state index in [0.717, 1.165) is 11.1 Å². The Balaban J connectivity index is 3.32. The number of rotatable bonds is 3. The highest BCUT2D eigenvalue weighted by molar-refractivity contribution is 5.80. The minimum atomic E-state index is -0.824. The second-order valence-electron chi connectivity index (χ2n) is 5.16. The van der Waals surface area contributed by atoms with Crippen molar-refractivity contribution in [2.75, 3.05) is 0 Å². The van der Waals surface area contributed by atoms with E-state index in [2.05, 4.69) is 19.9 Å². The van der Waals surface area contributed by atoms with Crippen molar-refractivity contribution in [2.24, 2.45) is 0 Å². The second-order valence-corrected chi connectivity index (χ2v) is 5.16. The number of carbonyl (C=O) groups is 1. The molecular weight excluding hydrogens is 200 g/mol. The average molecular weight is 220 g/mol. The summed E-state index contributed by atoms with van der Waals surface area (Å²) in [5.41, 5.74) is 2.31. The Kier molecular flexibility index (Phi) is 3.41. The first-order valence-electron chi connectivity index (χ1n) is 5.61.